The monoisotopic (exact) mass is 714 g/mol. The molecule has 3 heterocycles. The molecule has 0 unspecified atom stereocenters. The Morgan fingerprint density at radius 1 is 0.455 bits per heavy atom. The molecule has 10 aromatic rings. The molecule has 10 rings (SSSR count). The average Bonchev–Trinajstić information content (AvgIpc) is 3.80. The van der Waals surface area contributed by atoms with Crippen molar-refractivity contribution >= 4 is 56.3 Å². The standard InChI is InChI=1S/C45H29BN4O3.C2H6/c51-46(52)37-15-9-17-41-42(37)36-27-32(21-25-40(36)53-41)31-20-24-39-35(26-31)34-14-7-8-16-38(34)50(39)33-22-18-30(19-23-33)45-48-43(28-10-3-1-4-11-28)47-44(49-45)29-12-5-2-6-13-29;1-2/h1-27,51-52H;1-2H3. The Morgan fingerprint density at radius 2 is 0.982 bits per heavy atom. The summed E-state index contributed by atoms with van der Waals surface area (Å²) in [5.74, 6) is 1.87. The lowest BCUT2D eigenvalue weighted by atomic mass is 9.77. The zero-order valence-corrected chi connectivity index (χ0v) is 30.3. The van der Waals surface area contributed by atoms with E-state index in [1.54, 1.807) is 12.1 Å². The van der Waals surface area contributed by atoms with Crippen LogP contribution in [0, 0.1) is 0 Å². The van der Waals surface area contributed by atoms with Gasteiger partial charge in [0.05, 0.1) is 11.0 Å². The van der Waals surface area contributed by atoms with Crippen LogP contribution in [0.15, 0.2) is 168 Å². The van der Waals surface area contributed by atoms with Gasteiger partial charge in [-0.15, -0.1) is 0 Å². The number of nitrogens with zero attached hydrogens (tertiary/aromatic N) is 4. The maximum absolute atomic E-state index is 10.1. The Kier molecular flexibility index (Phi) is 8.75. The van der Waals surface area contributed by atoms with Gasteiger partial charge in [0, 0.05) is 43.9 Å². The van der Waals surface area contributed by atoms with Gasteiger partial charge < -0.3 is 19.0 Å². The summed E-state index contributed by atoms with van der Waals surface area (Å²) in [5, 5.41) is 24.0. The fourth-order valence-electron chi connectivity index (χ4n) is 7.38. The van der Waals surface area contributed by atoms with Gasteiger partial charge in [-0.05, 0) is 77.3 Å². The van der Waals surface area contributed by atoms with E-state index in [-0.39, 0.29) is 0 Å². The van der Waals surface area contributed by atoms with Crippen LogP contribution in [0.2, 0.25) is 0 Å². The summed E-state index contributed by atoms with van der Waals surface area (Å²) >= 11 is 0. The number of hydrogen-bond acceptors (Lipinski definition) is 6. The summed E-state index contributed by atoms with van der Waals surface area (Å²) in [6, 6.07) is 54.8. The van der Waals surface area contributed by atoms with Crippen molar-refractivity contribution in [3.05, 3.63) is 164 Å². The number of furan rings is 1. The Bertz CT molecular complexity index is 2920. The Hall–Kier alpha value is -6.87. The topological polar surface area (TPSA) is 97.2 Å². The van der Waals surface area contributed by atoms with E-state index in [4.69, 9.17) is 19.4 Å². The second-order valence-electron chi connectivity index (χ2n) is 13.1. The first kappa shape index (κ1) is 33.9. The minimum Gasteiger partial charge on any atom is -0.456 e. The van der Waals surface area contributed by atoms with Crippen molar-refractivity contribution in [1.82, 2.24) is 19.5 Å². The van der Waals surface area contributed by atoms with Crippen LogP contribution in [-0.4, -0.2) is 36.7 Å². The van der Waals surface area contributed by atoms with Crippen molar-refractivity contribution in [3.63, 3.8) is 0 Å². The van der Waals surface area contributed by atoms with Crippen LogP contribution < -0.4 is 5.46 Å². The van der Waals surface area contributed by atoms with Crippen LogP contribution in [0.1, 0.15) is 13.8 Å². The maximum Gasteiger partial charge on any atom is 0.489 e. The van der Waals surface area contributed by atoms with Gasteiger partial charge >= 0.3 is 7.12 Å². The summed E-state index contributed by atoms with van der Waals surface area (Å²) in [7, 11) is -1.60. The first-order chi connectivity index (χ1) is 27.1. The molecule has 0 bridgehead atoms. The SMILES string of the molecule is CC.OB(O)c1cccc2oc3ccc(-c4ccc5c(c4)c4ccccc4n5-c4ccc(-c5nc(-c6ccccc6)nc(-c6ccccc6)n5)cc4)cc3c12. The summed E-state index contributed by atoms with van der Waals surface area (Å²) in [6.45, 7) is 4.00. The fourth-order valence-corrected chi connectivity index (χ4v) is 7.38. The van der Waals surface area contributed by atoms with E-state index in [1.807, 2.05) is 92.7 Å². The van der Waals surface area contributed by atoms with E-state index in [9.17, 15) is 10.0 Å². The molecule has 0 radical (unpaired) electrons. The van der Waals surface area contributed by atoms with Crippen LogP contribution in [0.3, 0.4) is 0 Å². The number of aromatic nitrogens is 4. The van der Waals surface area contributed by atoms with Crippen LogP contribution in [0.4, 0.5) is 0 Å². The van der Waals surface area contributed by atoms with Gasteiger partial charge in [-0.25, -0.2) is 15.0 Å². The molecule has 0 aliphatic rings. The molecule has 0 saturated heterocycles. The summed E-state index contributed by atoms with van der Waals surface area (Å²) in [5.41, 5.74) is 9.76. The molecule has 0 amide bonds. The van der Waals surface area contributed by atoms with E-state index in [1.165, 1.54) is 0 Å². The van der Waals surface area contributed by atoms with Crippen molar-refractivity contribution in [2.24, 2.45) is 0 Å². The lowest BCUT2D eigenvalue weighted by Crippen LogP contribution is -2.30. The van der Waals surface area contributed by atoms with Crippen LogP contribution in [0.5, 0.6) is 0 Å². The maximum atomic E-state index is 10.1. The molecule has 0 saturated carbocycles. The van der Waals surface area contributed by atoms with Crippen LogP contribution in [0.25, 0.3) is 94.7 Å². The third kappa shape index (κ3) is 6.04. The van der Waals surface area contributed by atoms with Crippen LogP contribution in [-0.2, 0) is 0 Å². The molecule has 7 nitrogen and oxygen atoms in total. The van der Waals surface area contributed by atoms with E-state index in [2.05, 4.69) is 77.4 Å². The molecule has 0 spiro atoms. The van der Waals surface area contributed by atoms with Crippen LogP contribution >= 0.6 is 0 Å². The molecular weight excluding hydrogens is 679 g/mol. The number of fused-ring (bicyclic) bond motifs is 6. The largest absolute Gasteiger partial charge is 0.489 e. The number of rotatable bonds is 6. The van der Waals surface area contributed by atoms with Gasteiger partial charge in [-0.2, -0.15) is 0 Å². The smallest absolute Gasteiger partial charge is 0.456 e. The highest BCUT2D eigenvalue weighted by molar-refractivity contribution is 6.62. The molecule has 264 valence electrons. The third-order valence-electron chi connectivity index (χ3n) is 9.89. The predicted octanol–water partition coefficient (Wildman–Crippen LogP) is 10.2. The summed E-state index contributed by atoms with van der Waals surface area (Å²) in [6.07, 6.45) is 0. The predicted molar refractivity (Wildman–Crippen MR) is 224 cm³/mol. The fraction of sp³-hybridized carbons (Fsp3) is 0.0426. The Balaban J connectivity index is 0.00000195. The lowest BCUT2D eigenvalue weighted by molar-refractivity contribution is 0.426. The van der Waals surface area contributed by atoms with Crippen molar-refractivity contribution in [3.8, 4) is 51.0 Å². The Labute approximate surface area is 318 Å². The first-order valence-electron chi connectivity index (χ1n) is 18.4. The first-order valence-corrected chi connectivity index (χ1v) is 18.4. The normalized spacial score (nSPS) is 11.3. The third-order valence-corrected chi connectivity index (χ3v) is 9.89. The van der Waals surface area contributed by atoms with Gasteiger partial charge in [0.1, 0.15) is 11.2 Å². The average molecular weight is 715 g/mol. The number of benzene rings is 7. The van der Waals surface area contributed by atoms with Crippen molar-refractivity contribution in [2.45, 2.75) is 13.8 Å². The number of para-hydroxylation sites is 1. The Morgan fingerprint density at radius 3 is 1.62 bits per heavy atom. The lowest BCUT2D eigenvalue weighted by Gasteiger charge is -2.11. The molecule has 7 aromatic carbocycles. The molecule has 2 N–H and O–H groups in total. The van der Waals surface area contributed by atoms with Gasteiger partial charge in [0.2, 0.25) is 0 Å². The van der Waals surface area contributed by atoms with E-state index >= 15 is 0 Å². The van der Waals surface area contributed by atoms with E-state index in [0.29, 0.717) is 39.5 Å². The van der Waals surface area contributed by atoms with Crippen molar-refractivity contribution < 1.29 is 14.5 Å². The second kappa shape index (κ2) is 14.2. The van der Waals surface area contributed by atoms with Crippen molar-refractivity contribution in [2.75, 3.05) is 0 Å². The number of hydrogen-bond donors (Lipinski definition) is 2. The molecular formula is C47H35BN4O3. The molecule has 8 heteroatoms. The molecule has 3 aromatic heterocycles. The van der Waals surface area contributed by atoms with Gasteiger partial charge in [-0.3, -0.25) is 0 Å². The molecule has 55 heavy (non-hydrogen) atoms. The molecule has 0 aliphatic carbocycles. The highest BCUT2D eigenvalue weighted by atomic mass is 16.4. The molecule has 0 aliphatic heterocycles. The highest BCUT2D eigenvalue weighted by Gasteiger charge is 2.20. The molecule has 0 atom stereocenters. The quantitative estimate of drug-likeness (QED) is 0.167. The molecule has 0 fully saturated rings. The minimum absolute atomic E-state index is 0.423. The minimum atomic E-state index is -1.60. The van der Waals surface area contributed by atoms with Gasteiger partial charge in [0.15, 0.2) is 17.5 Å². The highest BCUT2D eigenvalue weighted by Crippen LogP contribution is 2.37. The zero-order valence-electron chi connectivity index (χ0n) is 30.3. The summed E-state index contributed by atoms with van der Waals surface area (Å²) in [4.78, 5) is 14.7. The van der Waals surface area contributed by atoms with E-state index in [0.717, 1.165) is 60.7 Å². The zero-order chi connectivity index (χ0) is 37.5. The van der Waals surface area contributed by atoms with Crippen molar-refractivity contribution in [1.29, 1.82) is 0 Å². The van der Waals surface area contributed by atoms with Gasteiger partial charge in [0.25, 0.3) is 0 Å². The van der Waals surface area contributed by atoms with Gasteiger partial charge in [-0.1, -0.05) is 117 Å². The summed E-state index contributed by atoms with van der Waals surface area (Å²) < 4.78 is 8.36. The second-order valence-corrected chi connectivity index (χ2v) is 13.1. The van der Waals surface area contributed by atoms with E-state index < -0.39 is 7.12 Å².